The number of aryl methyl sites for hydroxylation is 1. The molecular weight excluding hydrogens is 324 g/mol. The molecule has 2 amide bonds. The van der Waals surface area contributed by atoms with Crippen LogP contribution in [0.15, 0.2) is 28.4 Å². The van der Waals surface area contributed by atoms with Gasteiger partial charge in [0.25, 0.3) is 11.8 Å². The molecule has 0 radical (unpaired) electrons. The molecule has 5 nitrogen and oxygen atoms in total. The van der Waals surface area contributed by atoms with E-state index in [4.69, 9.17) is 5.11 Å². The smallest absolute Gasteiger partial charge is 0.277 e. The monoisotopic (exact) mass is 338 g/mol. The number of aliphatic hydroxyl groups is 1. The summed E-state index contributed by atoms with van der Waals surface area (Å²) in [7, 11) is 0. The van der Waals surface area contributed by atoms with Crippen molar-refractivity contribution in [2.45, 2.75) is 13.8 Å². The molecular formula is C14H15BrN2O3. The van der Waals surface area contributed by atoms with E-state index in [2.05, 4.69) is 21.2 Å². The maximum absolute atomic E-state index is 12.0. The number of imide groups is 1. The summed E-state index contributed by atoms with van der Waals surface area (Å²) >= 11 is 3.41. The van der Waals surface area contributed by atoms with Crippen LogP contribution >= 0.6 is 15.9 Å². The molecule has 0 unspecified atom stereocenters. The zero-order valence-electron chi connectivity index (χ0n) is 11.2. The third kappa shape index (κ3) is 2.76. The van der Waals surface area contributed by atoms with Crippen molar-refractivity contribution >= 4 is 33.4 Å². The fourth-order valence-corrected chi connectivity index (χ4v) is 2.57. The van der Waals surface area contributed by atoms with Crippen LogP contribution in [0.25, 0.3) is 0 Å². The van der Waals surface area contributed by atoms with Crippen molar-refractivity contribution in [2.24, 2.45) is 0 Å². The molecule has 1 aromatic carbocycles. The maximum Gasteiger partial charge on any atom is 0.277 e. The summed E-state index contributed by atoms with van der Waals surface area (Å²) < 4.78 is 0.896. The van der Waals surface area contributed by atoms with E-state index in [9.17, 15) is 9.59 Å². The number of β-amino-alcohol motifs (C(OH)–C–C–N with tert-alkyl or cyclic N) is 1. The molecule has 6 heteroatoms. The predicted octanol–water partition coefficient (Wildman–Crippen LogP) is 1.72. The van der Waals surface area contributed by atoms with Crippen LogP contribution in [0.2, 0.25) is 0 Å². The number of nitrogens with zero attached hydrogens (tertiary/aromatic N) is 1. The van der Waals surface area contributed by atoms with Gasteiger partial charge in [0.15, 0.2) is 0 Å². The van der Waals surface area contributed by atoms with Crippen LogP contribution in [0.5, 0.6) is 0 Å². The lowest BCUT2D eigenvalue weighted by atomic mass is 10.1. The molecule has 2 rings (SSSR count). The number of halogens is 1. The normalized spacial score (nSPS) is 14.8. The molecule has 1 aliphatic rings. The van der Waals surface area contributed by atoms with Crippen molar-refractivity contribution in [2.75, 3.05) is 18.5 Å². The predicted molar refractivity (Wildman–Crippen MR) is 79.1 cm³/mol. The van der Waals surface area contributed by atoms with E-state index in [1.165, 1.54) is 6.08 Å². The van der Waals surface area contributed by atoms with Crippen molar-refractivity contribution in [1.82, 2.24) is 4.90 Å². The lowest BCUT2D eigenvalue weighted by Crippen LogP contribution is -2.34. The van der Waals surface area contributed by atoms with E-state index < -0.39 is 11.8 Å². The highest BCUT2D eigenvalue weighted by molar-refractivity contribution is 9.10. The summed E-state index contributed by atoms with van der Waals surface area (Å²) in [4.78, 5) is 24.7. The van der Waals surface area contributed by atoms with E-state index in [0.29, 0.717) is 0 Å². The Morgan fingerprint density at radius 2 is 2.00 bits per heavy atom. The summed E-state index contributed by atoms with van der Waals surface area (Å²) in [5.74, 6) is -0.822. The number of hydrogen-bond donors (Lipinski definition) is 2. The third-order valence-corrected chi connectivity index (χ3v) is 3.69. The molecule has 1 heterocycles. The van der Waals surface area contributed by atoms with Crippen LogP contribution in [-0.4, -0.2) is 35.0 Å². The van der Waals surface area contributed by atoms with Gasteiger partial charge in [-0.3, -0.25) is 14.5 Å². The van der Waals surface area contributed by atoms with Gasteiger partial charge >= 0.3 is 0 Å². The number of rotatable bonds is 4. The van der Waals surface area contributed by atoms with E-state index in [1.807, 2.05) is 26.0 Å². The fourth-order valence-electron chi connectivity index (χ4n) is 2.00. The number of benzene rings is 1. The second-order valence-electron chi connectivity index (χ2n) is 4.60. The number of aliphatic hydroxyl groups excluding tert-OH is 1. The van der Waals surface area contributed by atoms with Gasteiger partial charge < -0.3 is 10.4 Å². The molecule has 0 spiro atoms. The molecule has 2 N–H and O–H groups in total. The first-order chi connectivity index (χ1) is 9.43. The van der Waals surface area contributed by atoms with Gasteiger partial charge in [-0.05, 0) is 37.1 Å². The average Bonchev–Trinajstić information content (AvgIpc) is 2.63. The number of carbonyl (C=O) groups is 2. The first-order valence-corrected chi connectivity index (χ1v) is 6.95. The third-order valence-electron chi connectivity index (χ3n) is 3.23. The van der Waals surface area contributed by atoms with E-state index in [-0.39, 0.29) is 18.8 Å². The van der Waals surface area contributed by atoms with Gasteiger partial charge in [0, 0.05) is 16.2 Å². The molecule has 0 bridgehead atoms. The quantitative estimate of drug-likeness (QED) is 0.820. The Bertz CT molecular complexity index is 611. The van der Waals surface area contributed by atoms with Gasteiger partial charge in [-0.15, -0.1) is 0 Å². The molecule has 1 aliphatic heterocycles. The average molecular weight is 339 g/mol. The Hall–Kier alpha value is -1.66. The lowest BCUT2D eigenvalue weighted by Gasteiger charge is -2.15. The highest BCUT2D eigenvalue weighted by atomic mass is 79.9. The van der Waals surface area contributed by atoms with Crippen molar-refractivity contribution in [1.29, 1.82) is 0 Å². The molecule has 0 atom stereocenters. The lowest BCUT2D eigenvalue weighted by molar-refractivity contribution is -0.137. The number of amides is 2. The minimum Gasteiger partial charge on any atom is -0.395 e. The Morgan fingerprint density at radius 1 is 1.30 bits per heavy atom. The number of carbonyl (C=O) groups excluding carboxylic acids is 2. The second kappa shape index (κ2) is 5.76. The van der Waals surface area contributed by atoms with E-state index >= 15 is 0 Å². The molecule has 106 valence electrons. The highest BCUT2D eigenvalue weighted by Gasteiger charge is 2.30. The van der Waals surface area contributed by atoms with Gasteiger partial charge in [0.2, 0.25) is 0 Å². The second-order valence-corrected chi connectivity index (χ2v) is 5.51. The Morgan fingerprint density at radius 3 is 2.65 bits per heavy atom. The van der Waals surface area contributed by atoms with Gasteiger partial charge in [-0.1, -0.05) is 15.9 Å². The minimum atomic E-state index is -0.416. The standard InChI is InChI=1S/C14H15BrN2O3/c1-8-5-10(15)6-11(9(8)2)16-12-7-13(19)17(3-4-18)14(12)20/h5-7,16,18H,3-4H2,1-2H3. The molecule has 0 saturated carbocycles. The SMILES string of the molecule is Cc1cc(Br)cc(NC2=CC(=O)N(CCO)C2=O)c1C. The zero-order valence-corrected chi connectivity index (χ0v) is 12.8. The Kier molecular flexibility index (Phi) is 4.25. The van der Waals surface area contributed by atoms with Crippen LogP contribution in [0.4, 0.5) is 5.69 Å². The topological polar surface area (TPSA) is 69.6 Å². The Labute approximate surface area is 125 Å². The number of anilines is 1. The van der Waals surface area contributed by atoms with Crippen molar-refractivity contribution in [3.63, 3.8) is 0 Å². The molecule has 0 saturated heterocycles. The molecule has 0 fully saturated rings. The maximum atomic E-state index is 12.0. The summed E-state index contributed by atoms with van der Waals surface area (Å²) in [6.45, 7) is 3.68. The summed E-state index contributed by atoms with van der Waals surface area (Å²) in [6.07, 6.45) is 1.26. The van der Waals surface area contributed by atoms with Crippen molar-refractivity contribution < 1.29 is 14.7 Å². The van der Waals surface area contributed by atoms with Crippen molar-refractivity contribution in [3.8, 4) is 0 Å². The van der Waals surface area contributed by atoms with Crippen LogP contribution in [0, 0.1) is 13.8 Å². The first kappa shape index (κ1) is 14.7. The van der Waals surface area contributed by atoms with Crippen LogP contribution in [0.3, 0.4) is 0 Å². The fraction of sp³-hybridized carbons (Fsp3) is 0.286. The van der Waals surface area contributed by atoms with Crippen LogP contribution in [0.1, 0.15) is 11.1 Å². The highest BCUT2D eigenvalue weighted by Crippen LogP contribution is 2.27. The molecule has 1 aromatic rings. The summed E-state index contributed by atoms with van der Waals surface area (Å²) in [5.41, 5.74) is 3.08. The summed E-state index contributed by atoms with van der Waals surface area (Å²) in [5, 5.41) is 11.9. The minimum absolute atomic E-state index is 0.00976. The molecule has 0 aromatic heterocycles. The Balaban J connectivity index is 2.26. The van der Waals surface area contributed by atoms with Crippen molar-refractivity contribution in [3.05, 3.63) is 39.5 Å². The number of nitrogens with one attached hydrogen (secondary N) is 1. The van der Waals surface area contributed by atoms with Gasteiger partial charge in [-0.2, -0.15) is 0 Å². The first-order valence-electron chi connectivity index (χ1n) is 6.16. The van der Waals surface area contributed by atoms with E-state index in [1.54, 1.807) is 0 Å². The van der Waals surface area contributed by atoms with Gasteiger partial charge in [-0.25, -0.2) is 0 Å². The van der Waals surface area contributed by atoms with Gasteiger partial charge in [0.1, 0.15) is 5.70 Å². The van der Waals surface area contributed by atoms with Crippen LogP contribution < -0.4 is 5.32 Å². The number of hydrogen-bond acceptors (Lipinski definition) is 4. The molecule has 0 aliphatic carbocycles. The van der Waals surface area contributed by atoms with E-state index in [0.717, 1.165) is 26.2 Å². The molecule has 20 heavy (non-hydrogen) atoms. The van der Waals surface area contributed by atoms with Gasteiger partial charge in [0.05, 0.1) is 13.2 Å². The van der Waals surface area contributed by atoms with Crippen LogP contribution in [-0.2, 0) is 9.59 Å². The zero-order chi connectivity index (χ0) is 14.9. The largest absolute Gasteiger partial charge is 0.395 e. The summed E-state index contributed by atoms with van der Waals surface area (Å²) in [6, 6.07) is 3.84.